The Hall–Kier alpha value is -1.32. The van der Waals surface area contributed by atoms with Gasteiger partial charge >= 0.3 is 0 Å². The molecule has 0 aliphatic heterocycles. The lowest BCUT2D eigenvalue weighted by molar-refractivity contribution is 0.430. The molecule has 92 valence electrons. The van der Waals surface area contributed by atoms with Gasteiger partial charge in [0.15, 0.2) is 5.82 Å². The fourth-order valence-electron chi connectivity index (χ4n) is 1.28. The van der Waals surface area contributed by atoms with E-state index in [4.69, 9.17) is 9.68 Å². The molecule has 1 heterocycles. The number of halogens is 2. The monoisotopic (exact) mass is 326 g/mol. The third-order valence-corrected chi connectivity index (χ3v) is 4.03. The Morgan fingerprint density at radius 3 is 2.72 bits per heavy atom. The maximum atomic E-state index is 14.0. The molecule has 0 unspecified atom stereocenters. The van der Waals surface area contributed by atoms with Gasteiger partial charge in [-0.05, 0) is 53.7 Å². The van der Waals surface area contributed by atoms with E-state index in [-0.39, 0.29) is 10.0 Å². The number of rotatable bonds is 2. The minimum Gasteiger partial charge on any atom is -0.436 e. The van der Waals surface area contributed by atoms with Gasteiger partial charge in [0.25, 0.3) is 5.22 Å². The summed E-state index contributed by atoms with van der Waals surface area (Å²) in [4.78, 5) is 4.53. The van der Waals surface area contributed by atoms with Gasteiger partial charge in [0.1, 0.15) is 11.8 Å². The Morgan fingerprint density at radius 1 is 1.44 bits per heavy atom. The van der Waals surface area contributed by atoms with Crippen molar-refractivity contribution in [2.24, 2.45) is 0 Å². The van der Waals surface area contributed by atoms with Crippen LogP contribution in [0.25, 0.3) is 0 Å². The van der Waals surface area contributed by atoms with E-state index in [1.165, 1.54) is 6.07 Å². The largest absolute Gasteiger partial charge is 0.436 e. The lowest BCUT2D eigenvalue weighted by Crippen LogP contribution is -1.87. The van der Waals surface area contributed by atoms with Crippen LogP contribution < -0.4 is 0 Å². The smallest absolute Gasteiger partial charge is 0.261 e. The second-order valence-electron chi connectivity index (χ2n) is 3.57. The summed E-state index contributed by atoms with van der Waals surface area (Å²) in [6, 6.07) is 5.00. The first kappa shape index (κ1) is 13.1. The average Bonchev–Trinajstić information content (AvgIpc) is 2.65. The Morgan fingerprint density at radius 2 is 2.17 bits per heavy atom. The molecular weight excluding hydrogens is 319 g/mol. The first-order valence-electron chi connectivity index (χ1n) is 5.03. The van der Waals surface area contributed by atoms with Gasteiger partial charge in [-0.2, -0.15) is 5.26 Å². The van der Waals surface area contributed by atoms with Gasteiger partial charge < -0.3 is 4.42 Å². The molecule has 2 rings (SSSR count). The molecule has 6 heteroatoms. The fraction of sp³-hybridized carbons (Fsp3) is 0.167. The highest BCUT2D eigenvalue weighted by Gasteiger charge is 2.15. The summed E-state index contributed by atoms with van der Waals surface area (Å²) >= 11 is 4.15. The van der Waals surface area contributed by atoms with Crippen molar-refractivity contribution in [1.82, 2.24) is 4.98 Å². The molecule has 0 bridgehead atoms. The van der Waals surface area contributed by atoms with Crippen molar-refractivity contribution in [3.8, 4) is 6.07 Å². The Balaban J connectivity index is 2.36. The quantitative estimate of drug-likeness (QED) is 0.829. The van der Waals surface area contributed by atoms with Gasteiger partial charge in [0.05, 0.1) is 20.6 Å². The maximum Gasteiger partial charge on any atom is 0.261 e. The van der Waals surface area contributed by atoms with Gasteiger partial charge in [0, 0.05) is 0 Å². The lowest BCUT2D eigenvalue weighted by atomic mass is 10.2. The third-order valence-electron chi connectivity index (χ3n) is 2.37. The van der Waals surface area contributed by atoms with Crippen LogP contribution in [0.2, 0.25) is 0 Å². The van der Waals surface area contributed by atoms with E-state index in [9.17, 15) is 4.39 Å². The summed E-state index contributed by atoms with van der Waals surface area (Å²) in [6.07, 6.45) is 0. The number of hydrogen-bond acceptors (Lipinski definition) is 4. The molecular formula is C12H8BrFN2OS. The van der Waals surface area contributed by atoms with Gasteiger partial charge in [-0.15, -0.1) is 0 Å². The Labute approximate surface area is 116 Å². The molecule has 2 aromatic rings. The van der Waals surface area contributed by atoms with E-state index in [0.29, 0.717) is 15.9 Å². The van der Waals surface area contributed by atoms with Crippen molar-refractivity contribution in [3.05, 3.63) is 39.4 Å². The van der Waals surface area contributed by atoms with Crippen molar-refractivity contribution >= 4 is 27.7 Å². The van der Waals surface area contributed by atoms with Crippen molar-refractivity contribution in [1.29, 1.82) is 5.26 Å². The van der Waals surface area contributed by atoms with Crippen LogP contribution in [0.5, 0.6) is 0 Å². The van der Waals surface area contributed by atoms with Gasteiger partial charge in [-0.25, -0.2) is 9.37 Å². The molecule has 0 aliphatic rings. The summed E-state index contributed by atoms with van der Waals surface area (Å²) in [5.41, 5.74) is 1.04. The van der Waals surface area contributed by atoms with E-state index in [2.05, 4.69) is 20.9 Å². The van der Waals surface area contributed by atoms with Crippen molar-refractivity contribution in [3.63, 3.8) is 0 Å². The van der Waals surface area contributed by atoms with Crippen LogP contribution in [0.15, 0.2) is 31.1 Å². The van der Waals surface area contributed by atoms with Gasteiger partial charge in [-0.3, -0.25) is 0 Å². The highest BCUT2D eigenvalue weighted by molar-refractivity contribution is 9.10. The van der Waals surface area contributed by atoms with Crippen molar-refractivity contribution < 1.29 is 8.81 Å². The van der Waals surface area contributed by atoms with Crippen LogP contribution in [-0.2, 0) is 0 Å². The van der Waals surface area contributed by atoms with Crippen molar-refractivity contribution in [2.45, 2.75) is 24.0 Å². The SMILES string of the molecule is Cc1nc(Sc2ccc(C#N)c(Br)c2F)oc1C. The summed E-state index contributed by atoms with van der Waals surface area (Å²) in [7, 11) is 0. The van der Waals surface area contributed by atoms with Gasteiger partial charge in [-0.1, -0.05) is 0 Å². The van der Waals surface area contributed by atoms with Crippen LogP contribution in [0, 0.1) is 31.0 Å². The number of nitrogens with zero attached hydrogens (tertiary/aromatic N) is 2. The van der Waals surface area contributed by atoms with E-state index in [1.54, 1.807) is 13.0 Å². The molecule has 0 aliphatic carbocycles. The molecule has 3 nitrogen and oxygen atoms in total. The van der Waals surface area contributed by atoms with Crippen LogP contribution in [-0.4, -0.2) is 4.98 Å². The molecule has 0 saturated carbocycles. The molecule has 0 radical (unpaired) electrons. The number of hydrogen-bond donors (Lipinski definition) is 0. The normalized spacial score (nSPS) is 10.4. The van der Waals surface area contributed by atoms with Crippen LogP contribution in [0.3, 0.4) is 0 Å². The molecule has 1 aromatic carbocycles. The number of aryl methyl sites for hydroxylation is 2. The molecule has 0 spiro atoms. The standard InChI is InChI=1S/C12H8BrFN2OS/c1-6-7(2)17-12(16-6)18-9-4-3-8(5-15)10(13)11(9)14/h3-4H,1-2H3. The molecule has 1 aromatic heterocycles. The Kier molecular flexibility index (Phi) is 3.73. The molecule has 0 amide bonds. The fourth-order valence-corrected chi connectivity index (χ4v) is 2.71. The van der Waals surface area contributed by atoms with Gasteiger partial charge in [0.2, 0.25) is 0 Å². The number of aromatic nitrogens is 1. The predicted molar refractivity (Wildman–Crippen MR) is 68.9 cm³/mol. The van der Waals surface area contributed by atoms with Crippen LogP contribution in [0.1, 0.15) is 17.0 Å². The summed E-state index contributed by atoms with van der Waals surface area (Å²) in [5.74, 6) is 0.234. The lowest BCUT2D eigenvalue weighted by Gasteiger charge is -2.02. The number of oxazole rings is 1. The number of benzene rings is 1. The topological polar surface area (TPSA) is 49.8 Å². The maximum absolute atomic E-state index is 14.0. The summed E-state index contributed by atoms with van der Waals surface area (Å²) in [6.45, 7) is 3.63. The minimum absolute atomic E-state index is 0.162. The second-order valence-corrected chi connectivity index (χ2v) is 5.36. The molecule has 0 fully saturated rings. The van der Waals surface area contributed by atoms with E-state index >= 15 is 0 Å². The Bertz CT molecular complexity index is 629. The highest BCUT2D eigenvalue weighted by Crippen LogP contribution is 2.34. The van der Waals surface area contributed by atoms with E-state index < -0.39 is 5.82 Å². The molecule has 0 N–H and O–H groups in total. The first-order valence-corrected chi connectivity index (χ1v) is 6.64. The second kappa shape index (κ2) is 5.12. The van der Waals surface area contributed by atoms with E-state index in [0.717, 1.165) is 17.5 Å². The highest BCUT2D eigenvalue weighted by atomic mass is 79.9. The molecule has 0 saturated heterocycles. The predicted octanol–water partition coefficient (Wildman–Crippen LogP) is 4.22. The number of nitriles is 1. The van der Waals surface area contributed by atoms with E-state index in [1.807, 2.05) is 13.0 Å². The summed E-state index contributed by atoms with van der Waals surface area (Å²) < 4.78 is 19.5. The third kappa shape index (κ3) is 2.42. The zero-order chi connectivity index (χ0) is 13.3. The average molecular weight is 327 g/mol. The summed E-state index contributed by atoms with van der Waals surface area (Å²) in [5, 5.41) is 9.17. The minimum atomic E-state index is -0.479. The van der Waals surface area contributed by atoms with Crippen molar-refractivity contribution in [2.75, 3.05) is 0 Å². The molecule has 0 atom stereocenters. The van der Waals surface area contributed by atoms with Crippen LogP contribution >= 0.6 is 27.7 Å². The zero-order valence-corrected chi connectivity index (χ0v) is 12.0. The zero-order valence-electron chi connectivity index (χ0n) is 9.62. The first-order chi connectivity index (χ1) is 8.52. The van der Waals surface area contributed by atoms with Crippen LogP contribution in [0.4, 0.5) is 4.39 Å². The molecule has 18 heavy (non-hydrogen) atoms.